The Kier molecular flexibility index (Phi) is 7.41. The van der Waals surface area contributed by atoms with Crippen molar-refractivity contribution in [3.05, 3.63) is 48.5 Å². The molecule has 0 bridgehead atoms. The van der Waals surface area contributed by atoms with Crippen LogP contribution in [0.2, 0.25) is 0 Å². The van der Waals surface area contributed by atoms with E-state index in [9.17, 15) is 31.1 Å². The maximum absolute atomic E-state index is 12.7. The molecule has 0 amide bonds. The van der Waals surface area contributed by atoms with Crippen LogP contribution in [0, 0.1) is 0 Å². The number of carbonyl (C=O) groups is 1. The zero-order valence-electron chi connectivity index (χ0n) is 17.4. The van der Waals surface area contributed by atoms with E-state index < -0.39 is 36.6 Å². The molecule has 180 valence electrons. The molecular formula is C22H21F6NO4. The quantitative estimate of drug-likeness (QED) is 0.474. The Hall–Kier alpha value is -2.95. The molecular weight excluding hydrogens is 456 g/mol. The molecule has 0 saturated carbocycles. The van der Waals surface area contributed by atoms with Crippen LogP contribution in [0.4, 0.5) is 26.3 Å². The summed E-state index contributed by atoms with van der Waals surface area (Å²) in [4.78, 5) is 12.0. The summed E-state index contributed by atoms with van der Waals surface area (Å²) in [6.07, 6.45) is -16.1. The van der Waals surface area contributed by atoms with Crippen LogP contribution in [0.3, 0.4) is 0 Å². The van der Waals surface area contributed by atoms with Gasteiger partial charge in [0, 0.05) is 6.42 Å². The lowest BCUT2D eigenvalue weighted by Crippen LogP contribution is -2.52. The number of hydrogen-bond acceptors (Lipinski definition) is 5. The summed E-state index contributed by atoms with van der Waals surface area (Å²) < 4.78 is 90.9. The van der Waals surface area contributed by atoms with Crippen molar-refractivity contribution >= 4 is 5.97 Å². The van der Waals surface area contributed by atoms with Crippen molar-refractivity contribution in [2.45, 2.75) is 43.4 Å². The number of methoxy groups -OCH3 is 1. The fourth-order valence-electron chi connectivity index (χ4n) is 3.41. The number of alkyl halides is 6. The number of benzene rings is 2. The Balaban J connectivity index is 1.65. The zero-order chi connectivity index (χ0) is 24.2. The van der Waals surface area contributed by atoms with Crippen LogP contribution in [0.1, 0.15) is 12.8 Å². The Morgan fingerprint density at radius 3 is 2.24 bits per heavy atom. The first-order valence-corrected chi connectivity index (χ1v) is 9.96. The number of rotatable bonds is 6. The normalized spacial score (nSPS) is 19.3. The SMILES string of the molecule is COc1ccc(-c2cccc(OC3CCNC(C(=O)OC(C(F)(F)F)C(F)(F)F)C3)c2)cc1. The standard InChI is InChI=1S/C22H21F6NO4/c1-31-15-7-5-13(6-8-15)14-3-2-4-16(11-14)32-17-9-10-29-18(12-17)19(30)33-20(21(23,24)25)22(26,27)28/h2-8,11,17-18,20,29H,9-10,12H2,1H3. The number of carbonyl (C=O) groups excluding carboxylic acids is 1. The van der Waals surface area contributed by atoms with Crippen LogP contribution in [0.25, 0.3) is 11.1 Å². The molecule has 1 aliphatic heterocycles. The van der Waals surface area contributed by atoms with Crippen molar-refractivity contribution < 1.29 is 45.3 Å². The molecule has 1 heterocycles. The summed E-state index contributed by atoms with van der Waals surface area (Å²) >= 11 is 0. The maximum atomic E-state index is 12.7. The lowest BCUT2D eigenvalue weighted by molar-refractivity contribution is -0.314. The van der Waals surface area contributed by atoms with Gasteiger partial charge in [0.15, 0.2) is 0 Å². The highest BCUT2D eigenvalue weighted by Gasteiger charge is 2.60. The number of nitrogens with one attached hydrogen (secondary N) is 1. The van der Waals surface area contributed by atoms with Gasteiger partial charge in [0.25, 0.3) is 6.10 Å². The van der Waals surface area contributed by atoms with Crippen molar-refractivity contribution in [1.29, 1.82) is 0 Å². The van der Waals surface area contributed by atoms with E-state index in [-0.39, 0.29) is 13.0 Å². The summed E-state index contributed by atoms with van der Waals surface area (Å²) in [6.45, 7) is 0.158. The average molecular weight is 477 g/mol. The molecule has 0 radical (unpaired) electrons. The van der Waals surface area contributed by atoms with Crippen molar-refractivity contribution in [3.63, 3.8) is 0 Å². The summed E-state index contributed by atoms with van der Waals surface area (Å²) in [6, 6.07) is 13.0. The predicted octanol–water partition coefficient (Wildman–Crippen LogP) is 4.90. The van der Waals surface area contributed by atoms with Crippen LogP contribution in [-0.4, -0.2) is 50.2 Å². The van der Waals surface area contributed by atoms with Gasteiger partial charge in [0.1, 0.15) is 23.6 Å². The minimum absolute atomic E-state index is 0.145. The largest absolute Gasteiger partial charge is 0.497 e. The monoisotopic (exact) mass is 477 g/mol. The smallest absolute Gasteiger partial charge is 0.434 e. The molecule has 33 heavy (non-hydrogen) atoms. The van der Waals surface area contributed by atoms with Gasteiger partial charge in [-0.2, -0.15) is 26.3 Å². The number of hydrogen-bond donors (Lipinski definition) is 1. The number of halogens is 6. The molecule has 0 aliphatic carbocycles. The lowest BCUT2D eigenvalue weighted by atomic mass is 10.0. The van der Waals surface area contributed by atoms with Gasteiger partial charge in [0.05, 0.1) is 7.11 Å². The lowest BCUT2D eigenvalue weighted by Gasteiger charge is -2.31. The third-order valence-electron chi connectivity index (χ3n) is 5.03. The molecule has 1 fully saturated rings. The highest BCUT2D eigenvalue weighted by Crippen LogP contribution is 2.36. The number of piperidine rings is 1. The van der Waals surface area contributed by atoms with Gasteiger partial charge < -0.3 is 19.5 Å². The minimum atomic E-state index is -5.76. The molecule has 0 aromatic heterocycles. The predicted molar refractivity (Wildman–Crippen MR) is 106 cm³/mol. The Bertz CT molecular complexity index is 931. The van der Waals surface area contributed by atoms with Crippen LogP contribution in [0.15, 0.2) is 48.5 Å². The van der Waals surface area contributed by atoms with Gasteiger partial charge in [-0.05, 0) is 48.4 Å². The fraction of sp³-hybridized carbons (Fsp3) is 0.409. The second-order valence-electron chi connectivity index (χ2n) is 7.43. The van der Waals surface area contributed by atoms with E-state index in [4.69, 9.17) is 9.47 Å². The molecule has 1 saturated heterocycles. The van der Waals surface area contributed by atoms with Crippen molar-refractivity contribution in [1.82, 2.24) is 5.32 Å². The van der Waals surface area contributed by atoms with E-state index >= 15 is 0 Å². The molecule has 2 unspecified atom stereocenters. The van der Waals surface area contributed by atoms with E-state index in [0.717, 1.165) is 11.1 Å². The summed E-state index contributed by atoms with van der Waals surface area (Å²) in [7, 11) is 1.55. The van der Waals surface area contributed by atoms with E-state index in [2.05, 4.69) is 10.1 Å². The molecule has 5 nitrogen and oxygen atoms in total. The highest BCUT2D eigenvalue weighted by molar-refractivity contribution is 5.76. The third-order valence-corrected chi connectivity index (χ3v) is 5.03. The molecule has 3 rings (SSSR count). The Morgan fingerprint density at radius 2 is 1.64 bits per heavy atom. The number of esters is 1. The zero-order valence-corrected chi connectivity index (χ0v) is 17.4. The first-order chi connectivity index (χ1) is 15.5. The first kappa shape index (κ1) is 24.7. The Labute approximate surface area is 185 Å². The maximum Gasteiger partial charge on any atom is 0.434 e. The van der Waals surface area contributed by atoms with Crippen molar-refractivity contribution in [2.24, 2.45) is 0 Å². The molecule has 2 aromatic rings. The fourth-order valence-corrected chi connectivity index (χ4v) is 3.41. The van der Waals surface area contributed by atoms with Crippen LogP contribution in [0.5, 0.6) is 11.5 Å². The second-order valence-corrected chi connectivity index (χ2v) is 7.43. The third kappa shape index (κ3) is 6.53. The van der Waals surface area contributed by atoms with Gasteiger partial charge in [-0.25, -0.2) is 0 Å². The highest BCUT2D eigenvalue weighted by atomic mass is 19.4. The van der Waals surface area contributed by atoms with Gasteiger partial charge in [-0.15, -0.1) is 0 Å². The first-order valence-electron chi connectivity index (χ1n) is 9.96. The molecule has 2 aromatic carbocycles. The van der Waals surface area contributed by atoms with Gasteiger partial charge in [0.2, 0.25) is 0 Å². The van der Waals surface area contributed by atoms with E-state index in [1.54, 1.807) is 37.4 Å². The molecule has 2 atom stereocenters. The van der Waals surface area contributed by atoms with Gasteiger partial charge in [-0.3, -0.25) is 4.79 Å². The molecule has 1 N–H and O–H groups in total. The van der Waals surface area contributed by atoms with Gasteiger partial charge in [-0.1, -0.05) is 24.3 Å². The topological polar surface area (TPSA) is 56.8 Å². The van der Waals surface area contributed by atoms with Crippen LogP contribution >= 0.6 is 0 Å². The van der Waals surface area contributed by atoms with E-state index in [1.165, 1.54) is 0 Å². The molecule has 11 heteroatoms. The summed E-state index contributed by atoms with van der Waals surface area (Å²) in [5.41, 5.74) is 1.72. The molecule has 0 spiro atoms. The molecule has 1 aliphatic rings. The minimum Gasteiger partial charge on any atom is -0.497 e. The summed E-state index contributed by atoms with van der Waals surface area (Å²) in [5, 5.41) is 2.59. The van der Waals surface area contributed by atoms with Crippen molar-refractivity contribution in [2.75, 3.05) is 13.7 Å². The summed E-state index contributed by atoms with van der Waals surface area (Å²) in [5.74, 6) is -0.488. The number of ether oxygens (including phenoxy) is 3. The van der Waals surface area contributed by atoms with Crippen LogP contribution < -0.4 is 14.8 Å². The second kappa shape index (κ2) is 9.90. The van der Waals surface area contributed by atoms with Crippen LogP contribution in [-0.2, 0) is 9.53 Å². The Morgan fingerprint density at radius 1 is 0.970 bits per heavy atom. The van der Waals surface area contributed by atoms with Gasteiger partial charge >= 0.3 is 18.3 Å². The van der Waals surface area contributed by atoms with Crippen molar-refractivity contribution in [3.8, 4) is 22.6 Å². The average Bonchev–Trinajstić information content (AvgIpc) is 2.76. The van der Waals surface area contributed by atoms with E-state index in [0.29, 0.717) is 17.9 Å². The van der Waals surface area contributed by atoms with E-state index in [1.807, 2.05) is 18.2 Å².